The molecule has 2 amide bonds. The van der Waals surface area contributed by atoms with Crippen LogP contribution in [0.1, 0.15) is 17.5 Å². The number of rotatable bonds is 9. The molecule has 0 spiro atoms. The highest BCUT2D eigenvalue weighted by atomic mass is 35.5. The number of carbonyl (C=O) groups is 2. The molecule has 1 aliphatic heterocycles. The Kier molecular flexibility index (Phi) is 9.27. The maximum atomic E-state index is 13.1. The van der Waals surface area contributed by atoms with Gasteiger partial charge in [-0.05, 0) is 23.3 Å². The van der Waals surface area contributed by atoms with Crippen LogP contribution in [-0.2, 0) is 32.2 Å². The summed E-state index contributed by atoms with van der Waals surface area (Å²) >= 11 is 5.99. The fourth-order valence-electron chi connectivity index (χ4n) is 3.19. The average Bonchev–Trinajstić information content (AvgIpc) is 2.80. The molecule has 1 saturated heterocycles. The SMILES string of the molecule is O=C(NCCC(=O)N1CCOC(COCc2ccc(F)cc2Cl)C1)OCc1ccccc1. The van der Waals surface area contributed by atoms with Gasteiger partial charge >= 0.3 is 6.09 Å². The van der Waals surface area contributed by atoms with Gasteiger partial charge in [0.25, 0.3) is 0 Å². The number of hydrogen-bond donors (Lipinski definition) is 1. The minimum absolute atomic E-state index is 0.0803. The van der Waals surface area contributed by atoms with Crippen molar-refractivity contribution in [2.24, 2.45) is 0 Å². The normalized spacial score (nSPS) is 15.9. The third kappa shape index (κ3) is 7.78. The molecule has 0 radical (unpaired) electrons. The van der Waals surface area contributed by atoms with Crippen molar-refractivity contribution >= 4 is 23.6 Å². The highest BCUT2D eigenvalue weighted by Crippen LogP contribution is 2.18. The monoisotopic (exact) mass is 464 g/mol. The third-order valence-electron chi connectivity index (χ3n) is 4.89. The Morgan fingerprint density at radius 3 is 2.78 bits per heavy atom. The zero-order valence-electron chi connectivity index (χ0n) is 17.6. The van der Waals surface area contributed by atoms with Crippen LogP contribution in [0.5, 0.6) is 0 Å². The molecule has 172 valence electrons. The van der Waals surface area contributed by atoms with Crippen LogP contribution in [0.4, 0.5) is 9.18 Å². The topological polar surface area (TPSA) is 77.1 Å². The minimum atomic E-state index is -0.561. The van der Waals surface area contributed by atoms with Crippen molar-refractivity contribution in [2.45, 2.75) is 25.7 Å². The van der Waals surface area contributed by atoms with Gasteiger partial charge in [0.2, 0.25) is 5.91 Å². The summed E-state index contributed by atoms with van der Waals surface area (Å²) in [7, 11) is 0. The first-order chi connectivity index (χ1) is 15.5. The number of benzene rings is 2. The van der Waals surface area contributed by atoms with Gasteiger partial charge in [0.1, 0.15) is 12.4 Å². The van der Waals surface area contributed by atoms with Crippen LogP contribution in [0.15, 0.2) is 48.5 Å². The van der Waals surface area contributed by atoms with E-state index in [0.29, 0.717) is 30.3 Å². The van der Waals surface area contributed by atoms with Crippen molar-refractivity contribution in [1.82, 2.24) is 10.2 Å². The summed E-state index contributed by atoms with van der Waals surface area (Å²) in [6, 6.07) is 13.5. The van der Waals surface area contributed by atoms with Crippen LogP contribution in [0.2, 0.25) is 5.02 Å². The predicted octanol–water partition coefficient (Wildman–Crippen LogP) is 3.54. The van der Waals surface area contributed by atoms with E-state index in [-0.39, 0.29) is 44.8 Å². The number of nitrogens with one attached hydrogen (secondary N) is 1. The molecule has 0 bridgehead atoms. The molecule has 0 aliphatic carbocycles. The number of carbonyl (C=O) groups excluding carboxylic acids is 2. The van der Waals surface area contributed by atoms with Crippen LogP contribution in [-0.4, -0.2) is 55.9 Å². The Hall–Kier alpha value is -2.68. The second kappa shape index (κ2) is 12.4. The summed E-state index contributed by atoms with van der Waals surface area (Å²) in [5.74, 6) is -0.481. The van der Waals surface area contributed by atoms with Gasteiger partial charge in [0.05, 0.1) is 25.9 Å². The van der Waals surface area contributed by atoms with Crippen LogP contribution in [0.25, 0.3) is 0 Å². The van der Waals surface area contributed by atoms with E-state index < -0.39 is 11.9 Å². The minimum Gasteiger partial charge on any atom is -0.445 e. The van der Waals surface area contributed by atoms with Gasteiger partial charge in [-0.1, -0.05) is 48.0 Å². The zero-order chi connectivity index (χ0) is 22.8. The van der Waals surface area contributed by atoms with E-state index in [1.54, 1.807) is 11.0 Å². The Bertz CT molecular complexity index is 899. The summed E-state index contributed by atoms with van der Waals surface area (Å²) in [4.78, 5) is 25.9. The lowest BCUT2D eigenvalue weighted by Crippen LogP contribution is -2.47. The molecule has 1 N–H and O–H groups in total. The average molecular weight is 465 g/mol. The number of amides is 2. The molecule has 32 heavy (non-hydrogen) atoms. The van der Waals surface area contributed by atoms with E-state index >= 15 is 0 Å². The summed E-state index contributed by atoms with van der Waals surface area (Å²) in [6.45, 7) is 2.15. The first-order valence-electron chi connectivity index (χ1n) is 10.4. The fraction of sp³-hybridized carbons (Fsp3) is 0.391. The summed E-state index contributed by atoms with van der Waals surface area (Å²) in [5.41, 5.74) is 1.57. The molecule has 1 fully saturated rings. The number of hydrogen-bond acceptors (Lipinski definition) is 5. The first kappa shape index (κ1) is 24.0. The van der Waals surface area contributed by atoms with Gasteiger partial charge in [-0.3, -0.25) is 4.79 Å². The highest BCUT2D eigenvalue weighted by molar-refractivity contribution is 6.31. The number of ether oxygens (including phenoxy) is 3. The smallest absolute Gasteiger partial charge is 0.407 e. The van der Waals surface area contributed by atoms with E-state index in [9.17, 15) is 14.0 Å². The molecule has 7 nitrogen and oxygen atoms in total. The molecule has 1 aliphatic rings. The Labute approximate surface area is 191 Å². The second-order valence-corrected chi connectivity index (χ2v) is 7.73. The molecule has 1 heterocycles. The number of morpholine rings is 1. The van der Waals surface area contributed by atoms with Gasteiger partial charge in [-0.25, -0.2) is 9.18 Å². The summed E-state index contributed by atoms with van der Waals surface area (Å²) in [6.07, 6.45) is -0.663. The number of alkyl carbamates (subject to hydrolysis) is 1. The largest absolute Gasteiger partial charge is 0.445 e. The van der Waals surface area contributed by atoms with Crippen molar-refractivity contribution in [3.63, 3.8) is 0 Å². The van der Waals surface area contributed by atoms with E-state index in [1.807, 2.05) is 30.3 Å². The van der Waals surface area contributed by atoms with Crippen LogP contribution in [0.3, 0.4) is 0 Å². The number of nitrogens with zero attached hydrogens (tertiary/aromatic N) is 1. The van der Waals surface area contributed by atoms with Crippen molar-refractivity contribution in [3.8, 4) is 0 Å². The Morgan fingerprint density at radius 2 is 2.00 bits per heavy atom. The maximum absolute atomic E-state index is 13.1. The van der Waals surface area contributed by atoms with E-state index in [4.69, 9.17) is 25.8 Å². The molecule has 1 unspecified atom stereocenters. The van der Waals surface area contributed by atoms with Crippen molar-refractivity contribution < 1.29 is 28.2 Å². The quantitative estimate of drug-likeness (QED) is 0.614. The summed E-state index contributed by atoms with van der Waals surface area (Å²) in [5, 5.41) is 2.90. The molecule has 2 aromatic carbocycles. The number of halogens is 2. The molecule has 1 atom stereocenters. The predicted molar refractivity (Wildman–Crippen MR) is 117 cm³/mol. The molecular weight excluding hydrogens is 439 g/mol. The molecule has 0 aromatic heterocycles. The van der Waals surface area contributed by atoms with E-state index in [2.05, 4.69) is 5.32 Å². The van der Waals surface area contributed by atoms with Crippen molar-refractivity contribution in [2.75, 3.05) is 32.8 Å². The van der Waals surface area contributed by atoms with Crippen molar-refractivity contribution in [3.05, 3.63) is 70.5 Å². The van der Waals surface area contributed by atoms with Crippen molar-refractivity contribution in [1.29, 1.82) is 0 Å². The molecule has 9 heteroatoms. The Balaban J connectivity index is 1.32. The van der Waals surface area contributed by atoms with Crippen LogP contribution in [0, 0.1) is 5.82 Å². The van der Waals surface area contributed by atoms with Gasteiger partial charge in [0.15, 0.2) is 0 Å². The second-order valence-electron chi connectivity index (χ2n) is 7.32. The molecule has 2 aromatic rings. The molecule has 0 saturated carbocycles. The zero-order valence-corrected chi connectivity index (χ0v) is 18.4. The first-order valence-corrected chi connectivity index (χ1v) is 10.7. The lowest BCUT2D eigenvalue weighted by Gasteiger charge is -2.33. The van der Waals surface area contributed by atoms with E-state index in [1.165, 1.54) is 12.1 Å². The third-order valence-corrected chi connectivity index (χ3v) is 5.24. The van der Waals surface area contributed by atoms with Gasteiger partial charge in [-0.15, -0.1) is 0 Å². The fourth-order valence-corrected chi connectivity index (χ4v) is 3.41. The lowest BCUT2D eigenvalue weighted by molar-refractivity contribution is -0.141. The molecule has 3 rings (SSSR count). The van der Waals surface area contributed by atoms with Gasteiger partial charge < -0.3 is 24.4 Å². The van der Waals surface area contributed by atoms with Gasteiger partial charge in [-0.2, -0.15) is 0 Å². The highest BCUT2D eigenvalue weighted by Gasteiger charge is 2.24. The Morgan fingerprint density at radius 1 is 1.19 bits per heavy atom. The standard InChI is InChI=1S/C23H26ClFN2O5/c24-21-12-19(25)7-6-18(21)15-30-16-20-13-27(10-11-31-20)22(28)8-9-26-23(29)32-14-17-4-2-1-3-5-17/h1-7,12,20H,8-11,13-16H2,(H,26,29). The van der Waals surface area contributed by atoms with Gasteiger partial charge in [0, 0.05) is 31.1 Å². The lowest BCUT2D eigenvalue weighted by atomic mass is 10.2. The maximum Gasteiger partial charge on any atom is 0.407 e. The molecular formula is C23H26ClFN2O5. The summed E-state index contributed by atoms with van der Waals surface area (Å²) < 4.78 is 29.5. The van der Waals surface area contributed by atoms with E-state index in [0.717, 1.165) is 5.56 Å². The van der Waals surface area contributed by atoms with Crippen LogP contribution >= 0.6 is 11.6 Å². The van der Waals surface area contributed by atoms with Crippen LogP contribution < -0.4 is 5.32 Å².